The predicted octanol–water partition coefficient (Wildman–Crippen LogP) is 3.08. The number of methoxy groups -OCH3 is 2. The summed E-state index contributed by atoms with van der Waals surface area (Å²) in [5, 5.41) is 16.3. The zero-order valence-electron chi connectivity index (χ0n) is 17.7. The van der Waals surface area contributed by atoms with Gasteiger partial charge in [-0.05, 0) is 36.8 Å². The summed E-state index contributed by atoms with van der Waals surface area (Å²) in [6.07, 6.45) is 0.644. The van der Waals surface area contributed by atoms with E-state index in [2.05, 4.69) is 21.7 Å². The van der Waals surface area contributed by atoms with Gasteiger partial charge in [0.15, 0.2) is 23.0 Å². The number of ether oxygens (including phenoxy) is 4. The molecule has 4 rings (SSSR count). The predicted molar refractivity (Wildman–Crippen MR) is 118 cm³/mol. The third-order valence-electron chi connectivity index (χ3n) is 5.01. The standard InChI is InChI=1S/C23H22N4O5/c1-29-18-5-4-14(9-19(18)30-2)23(28)26-7-3-6-25-22-16(12-24)8-15-10-20-21(32-13-31-20)11-17(15)27-22/h4-5,8-11H,3,6-7,13H2,1-2H3,(H,25,27)(H,26,28). The van der Waals surface area contributed by atoms with Gasteiger partial charge in [0.25, 0.3) is 5.91 Å². The normalized spacial score (nSPS) is 11.7. The molecular weight excluding hydrogens is 412 g/mol. The minimum atomic E-state index is -0.205. The van der Waals surface area contributed by atoms with Crippen molar-refractivity contribution in [3.63, 3.8) is 0 Å². The molecule has 9 heteroatoms. The number of carbonyl (C=O) groups excluding carboxylic acids is 1. The molecule has 2 heterocycles. The van der Waals surface area contributed by atoms with Crippen LogP contribution < -0.4 is 29.6 Å². The van der Waals surface area contributed by atoms with Gasteiger partial charge < -0.3 is 29.6 Å². The second kappa shape index (κ2) is 9.31. The number of pyridine rings is 1. The Bertz CT molecular complexity index is 1210. The Hall–Kier alpha value is -4.19. The summed E-state index contributed by atoms with van der Waals surface area (Å²) in [4.78, 5) is 16.9. The molecule has 2 aromatic carbocycles. The molecule has 0 spiro atoms. The van der Waals surface area contributed by atoms with Crippen LogP contribution in [0.2, 0.25) is 0 Å². The van der Waals surface area contributed by atoms with E-state index < -0.39 is 0 Å². The van der Waals surface area contributed by atoms with Crippen LogP contribution in [0, 0.1) is 11.3 Å². The molecule has 0 fully saturated rings. The largest absolute Gasteiger partial charge is 0.493 e. The number of rotatable bonds is 8. The van der Waals surface area contributed by atoms with Crippen molar-refractivity contribution in [3.05, 3.63) is 47.5 Å². The van der Waals surface area contributed by atoms with E-state index in [4.69, 9.17) is 18.9 Å². The Morgan fingerprint density at radius 2 is 1.88 bits per heavy atom. The monoisotopic (exact) mass is 434 g/mol. The molecule has 2 N–H and O–H groups in total. The van der Waals surface area contributed by atoms with Crippen LogP contribution in [0.5, 0.6) is 23.0 Å². The SMILES string of the molecule is COc1ccc(C(=O)NCCCNc2nc3cc4c(cc3cc2C#N)OCO4)cc1OC. The summed E-state index contributed by atoms with van der Waals surface area (Å²) in [6, 6.07) is 12.6. The molecule has 0 saturated heterocycles. The van der Waals surface area contributed by atoms with Crippen molar-refractivity contribution in [2.24, 2.45) is 0 Å². The molecule has 0 atom stereocenters. The quantitative estimate of drug-likeness (QED) is 0.520. The molecule has 0 bridgehead atoms. The number of carbonyl (C=O) groups is 1. The lowest BCUT2D eigenvalue weighted by Gasteiger charge is -2.11. The minimum absolute atomic E-state index is 0.177. The first-order chi connectivity index (χ1) is 15.6. The van der Waals surface area contributed by atoms with Crippen molar-refractivity contribution in [2.45, 2.75) is 6.42 Å². The van der Waals surface area contributed by atoms with Crippen molar-refractivity contribution in [2.75, 3.05) is 39.4 Å². The summed E-state index contributed by atoms with van der Waals surface area (Å²) in [7, 11) is 3.07. The summed E-state index contributed by atoms with van der Waals surface area (Å²) in [5.41, 5.74) is 1.63. The first kappa shape index (κ1) is 21.1. The zero-order valence-corrected chi connectivity index (χ0v) is 17.7. The number of nitriles is 1. The van der Waals surface area contributed by atoms with Gasteiger partial charge in [-0.15, -0.1) is 0 Å². The molecule has 0 saturated carbocycles. The fourth-order valence-electron chi connectivity index (χ4n) is 3.36. The summed E-state index contributed by atoms with van der Waals surface area (Å²) in [6.45, 7) is 1.16. The topological polar surface area (TPSA) is 115 Å². The average molecular weight is 434 g/mol. The fraction of sp³-hybridized carbons (Fsp3) is 0.261. The summed E-state index contributed by atoms with van der Waals surface area (Å²) < 4.78 is 21.2. The molecule has 1 aromatic heterocycles. The van der Waals surface area contributed by atoms with Crippen molar-refractivity contribution in [1.82, 2.24) is 10.3 Å². The van der Waals surface area contributed by atoms with Gasteiger partial charge in [-0.25, -0.2) is 4.98 Å². The van der Waals surface area contributed by atoms with Crippen LogP contribution in [0.15, 0.2) is 36.4 Å². The maximum atomic E-state index is 12.4. The third kappa shape index (κ3) is 4.30. The van der Waals surface area contributed by atoms with Crippen molar-refractivity contribution in [3.8, 4) is 29.1 Å². The van der Waals surface area contributed by atoms with Crippen LogP contribution in [-0.4, -0.2) is 45.0 Å². The van der Waals surface area contributed by atoms with E-state index in [-0.39, 0.29) is 12.7 Å². The van der Waals surface area contributed by atoms with Gasteiger partial charge in [-0.1, -0.05) is 0 Å². The zero-order chi connectivity index (χ0) is 22.5. The number of fused-ring (bicyclic) bond motifs is 2. The van der Waals surface area contributed by atoms with Crippen LogP contribution >= 0.6 is 0 Å². The fourth-order valence-corrected chi connectivity index (χ4v) is 3.36. The van der Waals surface area contributed by atoms with Gasteiger partial charge in [-0.2, -0.15) is 5.26 Å². The van der Waals surface area contributed by atoms with Gasteiger partial charge in [-0.3, -0.25) is 4.79 Å². The number of aromatic nitrogens is 1. The van der Waals surface area contributed by atoms with E-state index in [0.29, 0.717) is 65.0 Å². The molecule has 0 aliphatic carbocycles. The number of nitrogens with zero attached hydrogens (tertiary/aromatic N) is 2. The van der Waals surface area contributed by atoms with Gasteiger partial charge in [0.2, 0.25) is 6.79 Å². The maximum Gasteiger partial charge on any atom is 0.251 e. The van der Waals surface area contributed by atoms with Crippen LogP contribution in [0.3, 0.4) is 0 Å². The van der Waals surface area contributed by atoms with E-state index in [1.165, 1.54) is 7.11 Å². The van der Waals surface area contributed by atoms with Crippen LogP contribution in [0.25, 0.3) is 10.9 Å². The first-order valence-corrected chi connectivity index (χ1v) is 10.0. The molecule has 1 aliphatic rings. The van der Waals surface area contributed by atoms with E-state index >= 15 is 0 Å². The molecule has 1 aliphatic heterocycles. The molecule has 32 heavy (non-hydrogen) atoms. The van der Waals surface area contributed by atoms with Gasteiger partial charge in [0.05, 0.1) is 25.3 Å². The van der Waals surface area contributed by atoms with E-state index in [9.17, 15) is 10.1 Å². The van der Waals surface area contributed by atoms with Gasteiger partial charge in [0.1, 0.15) is 11.9 Å². The Kier molecular flexibility index (Phi) is 6.12. The lowest BCUT2D eigenvalue weighted by Crippen LogP contribution is -2.26. The Labute approximate surface area is 184 Å². The van der Waals surface area contributed by atoms with Crippen LogP contribution in [0.4, 0.5) is 5.82 Å². The summed E-state index contributed by atoms with van der Waals surface area (Å²) >= 11 is 0. The molecule has 1 amide bonds. The Morgan fingerprint density at radius 3 is 2.62 bits per heavy atom. The van der Waals surface area contributed by atoms with Crippen molar-refractivity contribution in [1.29, 1.82) is 5.26 Å². The van der Waals surface area contributed by atoms with E-state index in [1.54, 1.807) is 37.4 Å². The molecular formula is C23H22N4O5. The van der Waals surface area contributed by atoms with Gasteiger partial charge in [0, 0.05) is 30.1 Å². The molecule has 3 aromatic rings. The van der Waals surface area contributed by atoms with Gasteiger partial charge >= 0.3 is 0 Å². The molecule has 0 radical (unpaired) electrons. The smallest absolute Gasteiger partial charge is 0.251 e. The number of amides is 1. The van der Waals surface area contributed by atoms with E-state index in [0.717, 1.165) is 5.39 Å². The van der Waals surface area contributed by atoms with E-state index in [1.807, 2.05) is 6.07 Å². The van der Waals surface area contributed by atoms with Crippen molar-refractivity contribution >= 4 is 22.6 Å². The van der Waals surface area contributed by atoms with Crippen LogP contribution in [0.1, 0.15) is 22.3 Å². The lowest BCUT2D eigenvalue weighted by molar-refractivity contribution is 0.0953. The highest BCUT2D eigenvalue weighted by Crippen LogP contribution is 2.36. The first-order valence-electron chi connectivity index (χ1n) is 10.0. The number of nitrogens with one attached hydrogen (secondary N) is 2. The molecule has 9 nitrogen and oxygen atoms in total. The lowest BCUT2D eigenvalue weighted by atomic mass is 10.1. The highest BCUT2D eigenvalue weighted by atomic mass is 16.7. The van der Waals surface area contributed by atoms with Crippen LogP contribution in [-0.2, 0) is 0 Å². The minimum Gasteiger partial charge on any atom is -0.493 e. The number of hydrogen-bond acceptors (Lipinski definition) is 8. The number of benzene rings is 2. The highest BCUT2D eigenvalue weighted by molar-refractivity contribution is 5.94. The molecule has 0 unspecified atom stereocenters. The second-order valence-corrected chi connectivity index (χ2v) is 7.00. The molecule has 164 valence electrons. The second-order valence-electron chi connectivity index (χ2n) is 7.00. The summed E-state index contributed by atoms with van der Waals surface area (Å²) in [5.74, 6) is 2.63. The average Bonchev–Trinajstić information content (AvgIpc) is 3.28. The highest BCUT2D eigenvalue weighted by Gasteiger charge is 2.16. The van der Waals surface area contributed by atoms with Crippen molar-refractivity contribution < 1.29 is 23.7 Å². The Balaban J connectivity index is 1.34. The maximum absolute atomic E-state index is 12.4. The third-order valence-corrected chi connectivity index (χ3v) is 5.01. The number of hydrogen-bond donors (Lipinski definition) is 2. The number of anilines is 1. The Morgan fingerprint density at radius 1 is 1.09 bits per heavy atom.